The van der Waals surface area contributed by atoms with E-state index in [-0.39, 0.29) is 37.6 Å². The van der Waals surface area contributed by atoms with Gasteiger partial charge >= 0.3 is 0 Å². The van der Waals surface area contributed by atoms with Gasteiger partial charge in [-0.3, -0.25) is 4.79 Å². The molecule has 4 rings (SSSR count). The molecule has 2 heterocycles. The Morgan fingerprint density at radius 1 is 1.23 bits per heavy atom. The zero-order valence-electron chi connectivity index (χ0n) is 16.0. The van der Waals surface area contributed by atoms with Crippen LogP contribution in [-0.2, 0) is 11.2 Å². The van der Waals surface area contributed by atoms with Crippen LogP contribution in [-0.4, -0.2) is 47.5 Å². The molecule has 0 aromatic heterocycles. The van der Waals surface area contributed by atoms with Crippen molar-refractivity contribution in [2.75, 3.05) is 29.9 Å². The van der Waals surface area contributed by atoms with Crippen LogP contribution >= 0.6 is 15.9 Å². The summed E-state index contributed by atoms with van der Waals surface area (Å²) in [6.45, 7) is 0.153. The van der Waals surface area contributed by atoms with Gasteiger partial charge in [0.2, 0.25) is 5.91 Å². The summed E-state index contributed by atoms with van der Waals surface area (Å²) in [5, 5.41) is 24.0. The number of anilines is 2. The average molecular weight is 483 g/mol. The summed E-state index contributed by atoms with van der Waals surface area (Å²) >= 11 is 3.22. The highest BCUT2D eigenvalue weighted by molar-refractivity contribution is 9.10. The Kier molecular flexibility index (Phi) is 5.69. The molecule has 0 spiro atoms. The molecule has 0 unspecified atom stereocenters. The van der Waals surface area contributed by atoms with Gasteiger partial charge < -0.3 is 25.2 Å². The second kappa shape index (κ2) is 8.13. The van der Waals surface area contributed by atoms with Crippen molar-refractivity contribution in [1.82, 2.24) is 0 Å². The first-order valence-corrected chi connectivity index (χ1v) is 10.4. The highest BCUT2D eigenvalue weighted by Gasteiger charge is 2.42. The number of β-amino-alcohol motifs (C(OH)–C–C–N with tert-alkyl or cyclic N) is 1. The second-order valence-corrected chi connectivity index (χ2v) is 8.56. The molecule has 2 aromatic rings. The van der Waals surface area contributed by atoms with Gasteiger partial charge in [-0.25, -0.2) is 8.78 Å². The van der Waals surface area contributed by atoms with Crippen molar-refractivity contribution in [2.45, 2.75) is 31.0 Å². The zero-order valence-corrected chi connectivity index (χ0v) is 17.6. The van der Waals surface area contributed by atoms with Gasteiger partial charge in [0.05, 0.1) is 11.4 Å². The predicted molar refractivity (Wildman–Crippen MR) is 111 cm³/mol. The third-order valence-corrected chi connectivity index (χ3v) is 6.14. The molecule has 2 aromatic carbocycles. The number of nitrogens with zero attached hydrogens (tertiary/aromatic N) is 1. The number of rotatable bonds is 4. The van der Waals surface area contributed by atoms with E-state index in [1.165, 1.54) is 18.2 Å². The minimum atomic E-state index is -1.54. The average Bonchev–Trinajstić information content (AvgIpc) is 2.70. The van der Waals surface area contributed by atoms with E-state index in [1.54, 1.807) is 17.0 Å². The van der Waals surface area contributed by atoms with Gasteiger partial charge in [0.15, 0.2) is 0 Å². The predicted octanol–water partition coefficient (Wildman–Crippen LogP) is 2.99. The minimum Gasteiger partial charge on any atom is -0.490 e. The fourth-order valence-corrected chi connectivity index (χ4v) is 4.19. The van der Waals surface area contributed by atoms with Crippen LogP contribution in [0.5, 0.6) is 5.75 Å². The summed E-state index contributed by atoms with van der Waals surface area (Å²) in [6, 6.07) is 7.33. The summed E-state index contributed by atoms with van der Waals surface area (Å²) < 4.78 is 34.6. The van der Waals surface area contributed by atoms with E-state index >= 15 is 0 Å². The molecule has 2 aliphatic heterocycles. The molecular weight excluding hydrogens is 462 g/mol. The summed E-state index contributed by atoms with van der Waals surface area (Å²) in [7, 11) is 0. The van der Waals surface area contributed by atoms with Crippen LogP contribution in [0.1, 0.15) is 18.4 Å². The van der Waals surface area contributed by atoms with E-state index < -0.39 is 23.3 Å². The SMILES string of the molecule is O=C1CCc2c(OC[C@@]3(O)CCN(c4ccc(Br)cc4F)C[C@H]3O)ccc(F)c2N1. The zero-order chi connectivity index (χ0) is 21.5. The van der Waals surface area contributed by atoms with E-state index in [9.17, 15) is 23.8 Å². The Labute approximate surface area is 180 Å². The maximum atomic E-state index is 14.2. The Balaban J connectivity index is 1.46. The van der Waals surface area contributed by atoms with Crippen LogP contribution in [0.15, 0.2) is 34.8 Å². The first-order valence-electron chi connectivity index (χ1n) is 9.61. The molecule has 2 atom stereocenters. The van der Waals surface area contributed by atoms with Crippen molar-refractivity contribution in [3.63, 3.8) is 0 Å². The van der Waals surface area contributed by atoms with Crippen LogP contribution in [0, 0.1) is 11.6 Å². The van der Waals surface area contributed by atoms with E-state index in [4.69, 9.17) is 4.74 Å². The van der Waals surface area contributed by atoms with Crippen molar-refractivity contribution in [2.24, 2.45) is 0 Å². The molecular formula is C21H21BrF2N2O4. The molecule has 160 valence electrons. The van der Waals surface area contributed by atoms with Gasteiger partial charge in [-0.1, -0.05) is 15.9 Å². The maximum absolute atomic E-state index is 14.2. The number of halogens is 3. The molecule has 2 aliphatic rings. The molecule has 0 radical (unpaired) electrons. The van der Waals surface area contributed by atoms with Crippen molar-refractivity contribution in [1.29, 1.82) is 0 Å². The van der Waals surface area contributed by atoms with Gasteiger partial charge in [-0.15, -0.1) is 0 Å². The normalized spacial score (nSPS) is 23.7. The number of carbonyl (C=O) groups is 1. The number of nitrogens with one attached hydrogen (secondary N) is 1. The highest BCUT2D eigenvalue weighted by atomic mass is 79.9. The topological polar surface area (TPSA) is 82.0 Å². The lowest BCUT2D eigenvalue weighted by Crippen LogP contribution is -2.58. The van der Waals surface area contributed by atoms with E-state index in [2.05, 4.69) is 21.2 Å². The lowest BCUT2D eigenvalue weighted by Gasteiger charge is -2.42. The van der Waals surface area contributed by atoms with Gasteiger partial charge in [0, 0.05) is 29.5 Å². The lowest BCUT2D eigenvalue weighted by atomic mass is 9.89. The van der Waals surface area contributed by atoms with E-state index in [0.717, 1.165) is 0 Å². The number of aliphatic hydroxyl groups excluding tert-OH is 1. The molecule has 1 fully saturated rings. The Bertz CT molecular complexity index is 990. The molecule has 6 nitrogen and oxygen atoms in total. The molecule has 30 heavy (non-hydrogen) atoms. The summed E-state index contributed by atoms with van der Waals surface area (Å²) in [5.74, 6) is -0.874. The van der Waals surface area contributed by atoms with Gasteiger partial charge in [-0.2, -0.15) is 0 Å². The smallest absolute Gasteiger partial charge is 0.224 e. The minimum absolute atomic E-state index is 0.0377. The second-order valence-electron chi connectivity index (χ2n) is 7.65. The molecule has 1 amide bonds. The highest BCUT2D eigenvalue weighted by Crippen LogP contribution is 2.35. The van der Waals surface area contributed by atoms with Gasteiger partial charge in [-0.05, 0) is 43.2 Å². The molecule has 9 heteroatoms. The summed E-state index contributed by atoms with van der Waals surface area (Å²) in [5.41, 5.74) is -0.566. The number of benzene rings is 2. The third kappa shape index (κ3) is 4.01. The fraction of sp³-hybridized carbons (Fsp3) is 0.381. The number of carbonyl (C=O) groups excluding carboxylic acids is 1. The first kappa shape index (κ1) is 21.0. The Hall–Kier alpha value is -2.23. The first-order chi connectivity index (χ1) is 14.3. The Morgan fingerprint density at radius 2 is 2.03 bits per heavy atom. The largest absolute Gasteiger partial charge is 0.490 e. The van der Waals surface area contributed by atoms with Crippen molar-refractivity contribution in [3.05, 3.63) is 52.0 Å². The number of aliphatic hydroxyl groups is 2. The Morgan fingerprint density at radius 3 is 2.77 bits per heavy atom. The number of piperidine rings is 1. The number of hydrogen-bond donors (Lipinski definition) is 3. The lowest BCUT2D eigenvalue weighted by molar-refractivity contribution is -0.116. The molecule has 0 bridgehead atoms. The van der Waals surface area contributed by atoms with Crippen molar-refractivity contribution in [3.8, 4) is 5.75 Å². The number of amides is 1. The van der Waals surface area contributed by atoms with Crippen LogP contribution < -0.4 is 15.0 Å². The summed E-state index contributed by atoms with van der Waals surface area (Å²) in [4.78, 5) is 13.2. The van der Waals surface area contributed by atoms with E-state index in [0.29, 0.717) is 34.4 Å². The monoisotopic (exact) mass is 482 g/mol. The van der Waals surface area contributed by atoms with Crippen LogP contribution in [0.4, 0.5) is 20.2 Å². The molecule has 0 saturated carbocycles. The maximum Gasteiger partial charge on any atom is 0.224 e. The molecule has 0 aliphatic carbocycles. The standard InChI is InChI=1S/C21H21BrF2N2O4/c22-12-1-4-16(15(24)9-12)26-8-7-21(29,18(27)10-26)11-30-17-5-3-14(23)20-13(17)2-6-19(28)25-20/h1,3-5,9,18,27,29H,2,6-8,10-11H2,(H,25,28)/t18-,21+/m1/s1. The van der Waals surface area contributed by atoms with Gasteiger partial charge in [0.1, 0.15) is 35.7 Å². The molecule has 3 N–H and O–H groups in total. The fourth-order valence-electron chi connectivity index (χ4n) is 3.85. The van der Waals surface area contributed by atoms with Crippen LogP contribution in [0.25, 0.3) is 0 Å². The van der Waals surface area contributed by atoms with Crippen LogP contribution in [0.2, 0.25) is 0 Å². The van der Waals surface area contributed by atoms with Crippen LogP contribution in [0.3, 0.4) is 0 Å². The number of fused-ring (bicyclic) bond motifs is 1. The van der Waals surface area contributed by atoms with Crippen molar-refractivity contribution < 1.29 is 28.5 Å². The third-order valence-electron chi connectivity index (χ3n) is 5.64. The number of hydrogen-bond acceptors (Lipinski definition) is 5. The quantitative estimate of drug-likeness (QED) is 0.623. The van der Waals surface area contributed by atoms with Crippen molar-refractivity contribution >= 4 is 33.2 Å². The molecule has 1 saturated heterocycles. The summed E-state index contributed by atoms with van der Waals surface area (Å²) in [6.07, 6.45) is -0.478. The van der Waals surface area contributed by atoms with E-state index in [1.807, 2.05) is 0 Å². The van der Waals surface area contributed by atoms with Gasteiger partial charge in [0.25, 0.3) is 0 Å². The number of ether oxygens (including phenoxy) is 1.